The van der Waals surface area contributed by atoms with E-state index >= 15 is 0 Å². The van der Waals surface area contributed by atoms with Gasteiger partial charge in [-0.2, -0.15) is 0 Å². The second kappa shape index (κ2) is 9.35. The number of hydrogen-bond donors (Lipinski definition) is 1. The Morgan fingerprint density at radius 3 is 2.39 bits per heavy atom. The molecule has 3 rings (SSSR count). The number of rotatable bonds is 7. The number of ether oxygens (including phenoxy) is 1. The van der Waals surface area contributed by atoms with Gasteiger partial charge in [0.25, 0.3) is 11.8 Å². The van der Waals surface area contributed by atoms with E-state index in [-0.39, 0.29) is 29.9 Å². The van der Waals surface area contributed by atoms with Crippen molar-refractivity contribution in [2.24, 2.45) is 5.73 Å². The number of carbonyl (C=O) groups is 2. The molecule has 2 amide bonds. The molecular weight excluding hydrogens is 359 g/mol. The van der Waals surface area contributed by atoms with Crippen LogP contribution < -0.4 is 10.5 Å². The second-order valence-electron chi connectivity index (χ2n) is 7.09. The zero-order valence-electron chi connectivity index (χ0n) is 15.8. The molecule has 0 radical (unpaired) electrons. The molecule has 2 aromatic rings. The van der Waals surface area contributed by atoms with Crippen LogP contribution in [0.4, 0.5) is 4.39 Å². The maximum absolute atomic E-state index is 13.2. The average Bonchev–Trinajstić information content (AvgIpc) is 2.72. The van der Waals surface area contributed by atoms with E-state index in [2.05, 4.69) is 0 Å². The van der Waals surface area contributed by atoms with Crippen molar-refractivity contribution in [2.45, 2.75) is 44.7 Å². The van der Waals surface area contributed by atoms with Crippen LogP contribution in [0.5, 0.6) is 5.75 Å². The fraction of sp³-hybridized carbons (Fsp3) is 0.364. The molecular formula is C22H25FN2O3. The third kappa shape index (κ3) is 5.09. The van der Waals surface area contributed by atoms with Crippen molar-refractivity contribution < 1.29 is 18.7 Å². The molecule has 0 atom stereocenters. The van der Waals surface area contributed by atoms with Gasteiger partial charge in [-0.05, 0) is 42.7 Å². The third-order valence-corrected chi connectivity index (χ3v) is 5.11. The van der Waals surface area contributed by atoms with Crippen LogP contribution in [0.2, 0.25) is 0 Å². The van der Waals surface area contributed by atoms with Gasteiger partial charge in [0.05, 0.1) is 5.56 Å². The minimum atomic E-state index is -0.599. The van der Waals surface area contributed by atoms with Gasteiger partial charge in [0.2, 0.25) is 0 Å². The van der Waals surface area contributed by atoms with Crippen LogP contribution in [0.25, 0.3) is 0 Å². The van der Waals surface area contributed by atoms with Crippen molar-refractivity contribution >= 4 is 11.8 Å². The van der Waals surface area contributed by atoms with Crippen LogP contribution in [-0.2, 0) is 11.3 Å². The molecule has 0 bridgehead atoms. The molecule has 5 nitrogen and oxygen atoms in total. The van der Waals surface area contributed by atoms with E-state index in [1.54, 1.807) is 36.4 Å². The summed E-state index contributed by atoms with van der Waals surface area (Å²) >= 11 is 0. The number of hydrogen-bond acceptors (Lipinski definition) is 3. The Kier molecular flexibility index (Phi) is 6.63. The van der Waals surface area contributed by atoms with Crippen LogP contribution >= 0.6 is 0 Å². The van der Waals surface area contributed by atoms with Gasteiger partial charge in [0, 0.05) is 12.6 Å². The number of carbonyl (C=O) groups excluding carboxylic acids is 2. The molecule has 0 spiro atoms. The summed E-state index contributed by atoms with van der Waals surface area (Å²) in [4.78, 5) is 26.3. The monoisotopic (exact) mass is 384 g/mol. The Balaban J connectivity index is 1.72. The topological polar surface area (TPSA) is 72.6 Å². The summed E-state index contributed by atoms with van der Waals surface area (Å²) in [6, 6.07) is 12.9. The lowest BCUT2D eigenvalue weighted by Gasteiger charge is -2.34. The largest absolute Gasteiger partial charge is 0.483 e. The molecule has 2 N–H and O–H groups in total. The zero-order valence-corrected chi connectivity index (χ0v) is 15.8. The predicted molar refractivity (Wildman–Crippen MR) is 104 cm³/mol. The Hall–Kier alpha value is -2.89. The summed E-state index contributed by atoms with van der Waals surface area (Å²) in [7, 11) is 0. The first kappa shape index (κ1) is 19.9. The number of amides is 2. The summed E-state index contributed by atoms with van der Waals surface area (Å²) in [6.45, 7) is 0.229. The lowest BCUT2D eigenvalue weighted by Crippen LogP contribution is -2.43. The summed E-state index contributed by atoms with van der Waals surface area (Å²) in [6.07, 6.45) is 5.25. The summed E-state index contributed by atoms with van der Waals surface area (Å²) in [5.41, 5.74) is 6.49. The van der Waals surface area contributed by atoms with Crippen LogP contribution in [0.3, 0.4) is 0 Å². The fourth-order valence-corrected chi connectivity index (χ4v) is 3.62. The first-order valence-electron chi connectivity index (χ1n) is 9.60. The van der Waals surface area contributed by atoms with Gasteiger partial charge in [-0.1, -0.05) is 43.5 Å². The predicted octanol–water partition coefficient (Wildman–Crippen LogP) is 3.66. The Labute approximate surface area is 164 Å². The number of nitrogens with two attached hydrogens (primary N) is 1. The highest BCUT2D eigenvalue weighted by Crippen LogP contribution is 2.25. The highest BCUT2D eigenvalue weighted by molar-refractivity contribution is 5.95. The molecule has 148 valence electrons. The fourth-order valence-electron chi connectivity index (χ4n) is 3.62. The van der Waals surface area contributed by atoms with Crippen LogP contribution in [0, 0.1) is 5.82 Å². The zero-order chi connectivity index (χ0) is 19.9. The van der Waals surface area contributed by atoms with Crippen molar-refractivity contribution in [1.29, 1.82) is 0 Å². The van der Waals surface area contributed by atoms with E-state index in [0.717, 1.165) is 31.2 Å². The lowest BCUT2D eigenvalue weighted by atomic mass is 9.93. The van der Waals surface area contributed by atoms with Crippen molar-refractivity contribution in [3.63, 3.8) is 0 Å². The molecule has 1 saturated carbocycles. The maximum Gasteiger partial charge on any atom is 0.261 e. The van der Waals surface area contributed by atoms with E-state index < -0.39 is 5.91 Å². The first-order chi connectivity index (χ1) is 13.5. The Morgan fingerprint density at radius 1 is 1.04 bits per heavy atom. The highest BCUT2D eigenvalue weighted by Gasteiger charge is 2.26. The lowest BCUT2D eigenvalue weighted by molar-refractivity contribution is -0.137. The van der Waals surface area contributed by atoms with E-state index in [1.807, 2.05) is 4.90 Å². The number of halogens is 1. The van der Waals surface area contributed by atoms with Crippen LogP contribution in [0.1, 0.15) is 48.0 Å². The quantitative estimate of drug-likeness (QED) is 0.792. The second-order valence-corrected chi connectivity index (χ2v) is 7.09. The normalized spacial score (nSPS) is 14.5. The molecule has 0 saturated heterocycles. The molecule has 0 aromatic heterocycles. The number of nitrogens with zero attached hydrogens (tertiary/aromatic N) is 1. The summed E-state index contributed by atoms with van der Waals surface area (Å²) < 4.78 is 18.8. The van der Waals surface area contributed by atoms with Gasteiger partial charge < -0.3 is 15.4 Å². The average molecular weight is 384 g/mol. The summed E-state index contributed by atoms with van der Waals surface area (Å²) in [5, 5.41) is 0. The van der Waals surface area contributed by atoms with Gasteiger partial charge in [0.1, 0.15) is 11.6 Å². The molecule has 2 aromatic carbocycles. The van der Waals surface area contributed by atoms with Gasteiger partial charge in [-0.3, -0.25) is 9.59 Å². The molecule has 6 heteroatoms. The molecule has 28 heavy (non-hydrogen) atoms. The van der Waals surface area contributed by atoms with Crippen LogP contribution in [-0.4, -0.2) is 29.4 Å². The SMILES string of the molecule is NC(=O)c1ccccc1OCC(=O)N(Cc1ccc(F)cc1)C1CCCCC1. The first-order valence-corrected chi connectivity index (χ1v) is 9.60. The molecule has 0 heterocycles. The van der Waals surface area contributed by atoms with Gasteiger partial charge in [-0.15, -0.1) is 0 Å². The van der Waals surface area contributed by atoms with E-state index in [1.165, 1.54) is 18.6 Å². The number of para-hydroxylation sites is 1. The molecule has 0 unspecified atom stereocenters. The molecule has 1 aliphatic carbocycles. The van der Waals surface area contributed by atoms with Crippen molar-refractivity contribution in [3.05, 3.63) is 65.5 Å². The van der Waals surface area contributed by atoms with Crippen molar-refractivity contribution in [3.8, 4) is 5.75 Å². The molecule has 1 fully saturated rings. The molecule has 1 aliphatic rings. The van der Waals surface area contributed by atoms with Crippen molar-refractivity contribution in [1.82, 2.24) is 4.90 Å². The smallest absolute Gasteiger partial charge is 0.261 e. The minimum Gasteiger partial charge on any atom is -0.483 e. The Morgan fingerprint density at radius 2 is 1.71 bits per heavy atom. The number of benzene rings is 2. The molecule has 0 aliphatic heterocycles. The van der Waals surface area contributed by atoms with E-state index in [4.69, 9.17) is 10.5 Å². The summed E-state index contributed by atoms with van der Waals surface area (Å²) in [5.74, 6) is -0.756. The third-order valence-electron chi connectivity index (χ3n) is 5.11. The van der Waals surface area contributed by atoms with Gasteiger partial charge in [-0.25, -0.2) is 4.39 Å². The Bertz CT molecular complexity index is 817. The maximum atomic E-state index is 13.2. The standard InChI is InChI=1S/C22H25FN2O3/c23-17-12-10-16(11-13-17)14-25(18-6-2-1-3-7-18)21(26)15-28-20-9-5-4-8-19(20)22(24)27/h4-5,8-13,18H,1-3,6-7,14-15H2,(H2,24,27). The van der Waals surface area contributed by atoms with Crippen molar-refractivity contribution in [2.75, 3.05) is 6.61 Å². The van der Waals surface area contributed by atoms with Gasteiger partial charge >= 0.3 is 0 Å². The van der Waals surface area contributed by atoms with Crippen LogP contribution in [0.15, 0.2) is 48.5 Å². The minimum absolute atomic E-state index is 0.140. The number of primary amides is 1. The highest BCUT2D eigenvalue weighted by atomic mass is 19.1. The van der Waals surface area contributed by atoms with Gasteiger partial charge in [0.15, 0.2) is 6.61 Å². The van der Waals surface area contributed by atoms with E-state index in [9.17, 15) is 14.0 Å². The van der Waals surface area contributed by atoms with E-state index in [0.29, 0.717) is 12.3 Å².